The summed E-state index contributed by atoms with van der Waals surface area (Å²) in [5.41, 5.74) is 6.03. The average Bonchev–Trinajstić information content (AvgIpc) is 2.79. The van der Waals surface area contributed by atoms with E-state index in [0.717, 1.165) is 9.88 Å². The molecule has 0 amide bonds. The second-order valence-electron chi connectivity index (χ2n) is 4.41. The van der Waals surface area contributed by atoms with E-state index in [1.54, 1.807) is 6.20 Å². The van der Waals surface area contributed by atoms with Crippen LogP contribution >= 0.6 is 38.9 Å². The van der Waals surface area contributed by atoms with Gasteiger partial charge in [-0.05, 0) is 35.0 Å². The minimum Gasteiger partial charge on any atom is -0.398 e. The summed E-state index contributed by atoms with van der Waals surface area (Å²) in [5.74, 6) is 0. The molecule has 2 rings (SSSR count). The summed E-state index contributed by atoms with van der Waals surface area (Å²) >= 11 is 10.6. The van der Waals surface area contributed by atoms with Gasteiger partial charge >= 0.3 is 0 Å². The zero-order valence-electron chi connectivity index (χ0n) is 11.3. The van der Waals surface area contributed by atoms with Crippen molar-refractivity contribution in [3.05, 3.63) is 37.7 Å². The summed E-state index contributed by atoms with van der Waals surface area (Å²) in [5, 5.41) is 1.17. The van der Waals surface area contributed by atoms with Crippen LogP contribution in [0.2, 0.25) is 5.02 Å². The highest BCUT2D eigenvalue weighted by atomic mass is 79.9. The van der Waals surface area contributed by atoms with Crippen molar-refractivity contribution >= 4 is 54.6 Å². The van der Waals surface area contributed by atoms with E-state index in [2.05, 4.69) is 20.9 Å². The molecule has 0 spiro atoms. The van der Waals surface area contributed by atoms with E-state index >= 15 is 0 Å². The fourth-order valence-electron chi connectivity index (χ4n) is 1.72. The van der Waals surface area contributed by atoms with Crippen LogP contribution in [-0.4, -0.2) is 24.8 Å². The number of nitrogens with zero attached hydrogens (tertiary/aromatic N) is 2. The zero-order chi connectivity index (χ0) is 15.8. The maximum absolute atomic E-state index is 12.6. The highest BCUT2D eigenvalue weighted by Gasteiger charge is 2.25. The average molecular weight is 411 g/mol. The first-order valence-electron chi connectivity index (χ1n) is 5.84. The van der Waals surface area contributed by atoms with Crippen LogP contribution < -0.4 is 5.73 Å². The third-order valence-corrected chi connectivity index (χ3v) is 6.86. The Hall–Kier alpha value is -0.670. The van der Waals surface area contributed by atoms with Gasteiger partial charge in [0.15, 0.2) is 0 Å². The van der Waals surface area contributed by atoms with Gasteiger partial charge in [-0.25, -0.2) is 13.4 Å². The predicted molar refractivity (Wildman–Crippen MR) is 89.1 cm³/mol. The van der Waals surface area contributed by atoms with Gasteiger partial charge in [-0.15, -0.1) is 11.3 Å². The molecule has 0 bridgehead atoms. The number of hydrogen-bond acceptors (Lipinski definition) is 5. The van der Waals surface area contributed by atoms with Crippen molar-refractivity contribution in [2.75, 3.05) is 12.8 Å². The fourth-order valence-corrected chi connectivity index (χ4v) is 5.05. The smallest absolute Gasteiger partial charge is 0.244 e. The van der Waals surface area contributed by atoms with Crippen molar-refractivity contribution in [3.63, 3.8) is 0 Å². The second-order valence-corrected chi connectivity index (χ2v) is 8.98. The van der Waals surface area contributed by atoms with Crippen LogP contribution in [0.15, 0.2) is 27.7 Å². The first-order valence-corrected chi connectivity index (χ1v) is 9.26. The first-order chi connectivity index (χ1) is 9.71. The van der Waals surface area contributed by atoms with Crippen molar-refractivity contribution in [2.45, 2.75) is 18.4 Å². The summed E-state index contributed by atoms with van der Waals surface area (Å²) in [6, 6.07) is 2.88. The van der Waals surface area contributed by atoms with Crippen molar-refractivity contribution in [2.24, 2.45) is 0 Å². The molecule has 0 aliphatic heterocycles. The molecule has 21 heavy (non-hydrogen) atoms. The SMILES string of the molecule is Cc1ncc(CN(C)S(=O)(=O)c2cc(Cl)cc(N)c2Br)s1. The normalized spacial score (nSPS) is 12.0. The van der Waals surface area contributed by atoms with E-state index in [1.807, 2.05) is 6.92 Å². The molecular formula is C12H13BrClN3O2S2. The van der Waals surface area contributed by atoms with Gasteiger partial charge in [0.05, 0.1) is 14.4 Å². The molecule has 2 aromatic rings. The predicted octanol–water partition coefficient (Wildman–Crippen LogP) is 3.27. The lowest BCUT2D eigenvalue weighted by Crippen LogP contribution is -2.26. The van der Waals surface area contributed by atoms with Crippen LogP contribution in [0.4, 0.5) is 5.69 Å². The molecule has 0 fully saturated rings. The number of sulfonamides is 1. The van der Waals surface area contributed by atoms with Gasteiger partial charge in [-0.3, -0.25) is 0 Å². The first kappa shape index (κ1) is 16.7. The fraction of sp³-hybridized carbons (Fsp3) is 0.250. The summed E-state index contributed by atoms with van der Waals surface area (Å²) in [4.78, 5) is 5.03. The summed E-state index contributed by atoms with van der Waals surface area (Å²) in [6.07, 6.45) is 1.67. The number of anilines is 1. The molecule has 1 aromatic carbocycles. The molecule has 0 radical (unpaired) electrons. The van der Waals surface area contributed by atoms with Gasteiger partial charge < -0.3 is 5.73 Å². The second kappa shape index (κ2) is 6.21. The molecule has 1 aromatic heterocycles. The van der Waals surface area contributed by atoms with E-state index in [4.69, 9.17) is 17.3 Å². The number of nitrogen functional groups attached to an aromatic ring is 1. The van der Waals surface area contributed by atoms with Gasteiger partial charge in [0, 0.05) is 35.4 Å². The topological polar surface area (TPSA) is 76.3 Å². The Balaban J connectivity index is 2.37. The van der Waals surface area contributed by atoms with Gasteiger partial charge in [0.1, 0.15) is 0 Å². The van der Waals surface area contributed by atoms with E-state index in [1.165, 1.54) is 34.8 Å². The van der Waals surface area contributed by atoms with Crippen LogP contribution in [0.1, 0.15) is 9.88 Å². The van der Waals surface area contributed by atoms with Crippen molar-refractivity contribution in [3.8, 4) is 0 Å². The molecule has 2 N–H and O–H groups in total. The van der Waals surface area contributed by atoms with Gasteiger partial charge in [0.25, 0.3) is 0 Å². The number of hydrogen-bond donors (Lipinski definition) is 1. The molecular weight excluding hydrogens is 398 g/mol. The number of aromatic nitrogens is 1. The van der Waals surface area contributed by atoms with Crippen LogP contribution in [0.25, 0.3) is 0 Å². The third kappa shape index (κ3) is 3.57. The number of nitrogens with two attached hydrogens (primary N) is 1. The van der Waals surface area contributed by atoms with Crippen LogP contribution in [-0.2, 0) is 16.6 Å². The number of thiazole rings is 1. The highest BCUT2D eigenvalue weighted by molar-refractivity contribution is 9.10. The standard InChI is InChI=1S/C12H13BrClN3O2S2/c1-7-16-5-9(20-7)6-17(2)21(18,19)11-4-8(14)3-10(15)12(11)13/h3-5H,6,15H2,1-2H3. The van der Waals surface area contributed by atoms with Crippen molar-refractivity contribution in [1.82, 2.24) is 9.29 Å². The number of rotatable bonds is 4. The monoisotopic (exact) mass is 409 g/mol. The van der Waals surface area contributed by atoms with Gasteiger partial charge in [-0.2, -0.15) is 4.31 Å². The quantitative estimate of drug-likeness (QED) is 0.785. The molecule has 5 nitrogen and oxygen atoms in total. The molecule has 114 valence electrons. The maximum atomic E-state index is 12.6. The Morgan fingerprint density at radius 2 is 2.14 bits per heavy atom. The lowest BCUT2D eigenvalue weighted by molar-refractivity contribution is 0.469. The molecule has 0 saturated heterocycles. The summed E-state index contributed by atoms with van der Waals surface area (Å²) in [6.45, 7) is 2.11. The van der Waals surface area contributed by atoms with E-state index in [-0.39, 0.29) is 22.2 Å². The zero-order valence-corrected chi connectivity index (χ0v) is 15.3. The van der Waals surface area contributed by atoms with E-state index in [0.29, 0.717) is 4.47 Å². The molecule has 0 saturated carbocycles. The molecule has 0 aliphatic carbocycles. The molecule has 0 atom stereocenters. The lowest BCUT2D eigenvalue weighted by atomic mass is 10.3. The van der Waals surface area contributed by atoms with Gasteiger partial charge in [0.2, 0.25) is 10.0 Å². The minimum atomic E-state index is -3.70. The molecule has 9 heteroatoms. The number of halogens is 2. The molecule has 0 aliphatic rings. The third-order valence-electron chi connectivity index (χ3n) is 2.77. The lowest BCUT2D eigenvalue weighted by Gasteiger charge is -2.18. The number of aryl methyl sites for hydroxylation is 1. The van der Waals surface area contributed by atoms with Crippen LogP contribution in [0, 0.1) is 6.92 Å². The van der Waals surface area contributed by atoms with Crippen molar-refractivity contribution in [1.29, 1.82) is 0 Å². The van der Waals surface area contributed by atoms with Crippen LogP contribution in [0.3, 0.4) is 0 Å². The van der Waals surface area contributed by atoms with E-state index in [9.17, 15) is 8.42 Å². The highest BCUT2D eigenvalue weighted by Crippen LogP contribution is 2.33. The minimum absolute atomic E-state index is 0.0521. The summed E-state index contributed by atoms with van der Waals surface area (Å²) in [7, 11) is -2.19. The van der Waals surface area contributed by atoms with Crippen LogP contribution in [0.5, 0.6) is 0 Å². The Morgan fingerprint density at radius 3 is 2.71 bits per heavy atom. The Kier molecular flexibility index (Phi) is 4.94. The molecule has 0 unspecified atom stereocenters. The Morgan fingerprint density at radius 1 is 1.48 bits per heavy atom. The number of benzene rings is 1. The Labute approximate surface area is 140 Å². The summed E-state index contributed by atoms with van der Waals surface area (Å²) < 4.78 is 26.8. The Bertz CT molecular complexity index is 777. The van der Waals surface area contributed by atoms with Crippen molar-refractivity contribution < 1.29 is 8.42 Å². The maximum Gasteiger partial charge on any atom is 0.244 e. The van der Waals surface area contributed by atoms with E-state index < -0.39 is 10.0 Å². The largest absolute Gasteiger partial charge is 0.398 e. The molecule has 1 heterocycles. The van der Waals surface area contributed by atoms with Gasteiger partial charge in [-0.1, -0.05) is 11.6 Å².